The van der Waals surface area contributed by atoms with Gasteiger partial charge in [0, 0.05) is 108 Å². The van der Waals surface area contributed by atoms with Crippen LogP contribution in [0.25, 0.3) is 99.5 Å². The predicted molar refractivity (Wildman–Crippen MR) is 215 cm³/mol. The Bertz CT molecular complexity index is 2650. The largest absolute Gasteiger partial charge is 0.275 e. The molecule has 0 aliphatic rings. The van der Waals surface area contributed by atoms with Crippen LogP contribution in [0.15, 0.2) is 147 Å². The van der Waals surface area contributed by atoms with Crippen LogP contribution in [0.3, 0.4) is 0 Å². The maximum Gasteiger partial charge on any atom is 0.0702 e. The lowest BCUT2D eigenvalue weighted by molar-refractivity contribution is 0.768. The summed E-state index contributed by atoms with van der Waals surface area (Å²) < 4.78 is 5.42. The molecule has 0 spiro atoms. The number of hydrogen-bond donors (Lipinski definition) is 0. The third kappa shape index (κ3) is 5.50. The summed E-state index contributed by atoms with van der Waals surface area (Å²) in [5.41, 5.74) is 12.2. The molecule has 0 saturated heterocycles. The van der Waals surface area contributed by atoms with Crippen molar-refractivity contribution in [3.8, 4) is 67.2 Å². The van der Waals surface area contributed by atoms with E-state index in [4.69, 9.17) is 15.0 Å². The van der Waals surface area contributed by atoms with Gasteiger partial charge in [-0.1, -0.05) is 54.6 Å². The van der Waals surface area contributed by atoms with Crippen molar-refractivity contribution >= 4 is 32.3 Å². The minimum Gasteiger partial charge on any atom is -0.275 e. The summed E-state index contributed by atoms with van der Waals surface area (Å²) in [7, 11) is 5.77. The second-order valence-electron chi connectivity index (χ2n) is 13.8. The van der Waals surface area contributed by atoms with E-state index < -0.39 is 0 Å². The molecule has 258 valence electrons. The molecule has 54 heavy (non-hydrogen) atoms. The van der Waals surface area contributed by atoms with Crippen LogP contribution in [0.5, 0.6) is 0 Å². The molecule has 0 unspecified atom stereocenters. The summed E-state index contributed by atoms with van der Waals surface area (Å²) in [6, 6.07) is 32.7. The number of pyridine rings is 3. The van der Waals surface area contributed by atoms with E-state index in [-0.39, 0.29) is 0 Å². The van der Waals surface area contributed by atoms with Crippen LogP contribution in [0, 0.1) is 0 Å². The fraction of sp³-hybridized carbons (Fsp3) is 0.0667. The van der Waals surface area contributed by atoms with Gasteiger partial charge in [0.25, 0.3) is 0 Å². The quantitative estimate of drug-likeness (QED) is 0.161. The first kappa shape index (κ1) is 31.5. The molecule has 0 atom stereocenters. The molecule has 6 aromatic heterocycles. The van der Waals surface area contributed by atoms with Crippen molar-refractivity contribution in [3.05, 3.63) is 147 Å². The third-order valence-corrected chi connectivity index (χ3v) is 10.2. The Morgan fingerprint density at radius 3 is 0.833 bits per heavy atom. The lowest BCUT2D eigenvalue weighted by Crippen LogP contribution is -1.90. The molecule has 4 aromatic carbocycles. The number of hydrogen-bond acceptors (Lipinski definition) is 6. The van der Waals surface area contributed by atoms with Gasteiger partial charge in [-0.2, -0.15) is 15.3 Å². The lowest BCUT2D eigenvalue weighted by atomic mass is 9.90. The molecular formula is C45H33N9. The van der Waals surface area contributed by atoms with Gasteiger partial charge in [-0.25, -0.2) is 0 Å². The van der Waals surface area contributed by atoms with Crippen molar-refractivity contribution in [1.29, 1.82) is 0 Å². The second kappa shape index (κ2) is 12.5. The number of nitrogens with zero attached hydrogens (tertiary/aromatic N) is 9. The minimum absolute atomic E-state index is 0.916. The van der Waals surface area contributed by atoms with Crippen LogP contribution in [0.4, 0.5) is 0 Å². The molecule has 0 N–H and O–H groups in total. The van der Waals surface area contributed by atoms with Gasteiger partial charge in [-0.3, -0.25) is 29.0 Å². The Labute approximate surface area is 310 Å². The predicted octanol–water partition coefficient (Wildman–Crippen LogP) is 9.53. The fourth-order valence-electron chi connectivity index (χ4n) is 7.40. The Hall–Kier alpha value is -7.26. The molecule has 6 heterocycles. The van der Waals surface area contributed by atoms with Crippen LogP contribution in [-0.2, 0) is 21.1 Å². The van der Waals surface area contributed by atoms with E-state index in [9.17, 15) is 0 Å². The first-order valence-electron chi connectivity index (χ1n) is 17.7. The van der Waals surface area contributed by atoms with Gasteiger partial charge in [0.2, 0.25) is 0 Å². The number of fused-ring (bicyclic) bond motifs is 6. The maximum atomic E-state index is 4.89. The molecule has 10 aromatic rings. The van der Waals surface area contributed by atoms with Crippen molar-refractivity contribution in [1.82, 2.24) is 44.3 Å². The van der Waals surface area contributed by atoms with Gasteiger partial charge in [-0.05, 0) is 68.7 Å². The van der Waals surface area contributed by atoms with Crippen molar-refractivity contribution in [3.63, 3.8) is 0 Å². The lowest BCUT2D eigenvalue weighted by Gasteiger charge is -2.14. The number of benzene rings is 4. The average Bonchev–Trinajstić information content (AvgIpc) is 3.99. The van der Waals surface area contributed by atoms with Gasteiger partial charge in [0.15, 0.2) is 0 Å². The highest BCUT2D eigenvalue weighted by Crippen LogP contribution is 2.40. The van der Waals surface area contributed by atoms with E-state index >= 15 is 0 Å². The Kier molecular flexibility index (Phi) is 7.26. The van der Waals surface area contributed by atoms with Gasteiger partial charge in [0.05, 0.1) is 35.7 Å². The first-order chi connectivity index (χ1) is 26.4. The van der Waals surface area contributed by atoms with Gasteiger partial charge >= 0.3 is 0 Å². The monoisotopic (exact) mass is 699 g/mol. The number of rotatable bonds is 6. The first-order valence-corrected chi connectivity index (χ1v) is 17.7. The van der Waals surface area contributed by atoms with Gasteiger partial charge in [-0.15, -0.1) is 0 Å². The second-order valence-corrected chi connectivity index (χ2v) is 13.8. The van der Waals surface area contributed by atoms with Crippen LogP contribution in [-0.4, -0.2) is 44.3 Å². The summed E-state index contributed by atoms with van der Waals surface area (Å²) >= 11 is 0. The van der Waals surface area contributed by atoms with Crippen LogP contribution < -0.4 is 0 Å². The van der Waals surface area contributed by atoms with Gasteiger partial charge < -0.3 is 0 Å². The Balaban J connectivity index is 1.11. The molecular weight excluding hydrogens is 667 g/mol. The molecule has 9 heteroatoms. The Morgan fingerprint density at radius 1 is 0.296 bits per heavy atom. The highest BCUT2D eigenvalue weighted by atomic mass is 15.2. The standard InChI is InChI=1S/C45H33N9/c1-52-25-34(22-49-52)31-7-13-43(46-19-31)28-4-10-37-40(16-28)38-11-5-29(44-14-8-32(20-47-44)35-23-50-53(2)26-35)18-42(38)39-12-6-30(17-41(37)39)45-15-9-33(21-48-45)36-24-51-54(3)27-36/h4-27H,1-3H3. The van der Waals surface area contributed by atoms with E-state index in [0.29, 0.717) is 0 Å². The molecule has 9 nitrogen and oxygen atoms in total. The topological polar surface area (TPSA) is 92.1 Å². The van der Waals surface area contributed by atoms with Crippen molar-refractivity contribution in [2.45, 2.75) is 0 Å². The molecule has 0 aliphatic heterocycles. The fourth-order valence-corrected chi connectivity index (χ4v) is 7.40. The van der Waals surface area contributed by atoms with E-state index in [2.05, 4.69) is 106 Å². The molecule has 0 saturated carbocycles. The zero-order chi connectivity index (χ0) is 36.3. The zero-order valence-corrected chi connectivity index (χ0v) is 29.9. The molecule has 0 radical (unpaired) electrons. The van der Waals surface area contributed by atoms with E-state index in [1.165, 1.54) is 16.2 Å². The molecule has 0 bridgehead atoms. The Morgan fingerprint density at radius 2 is 0.593 bits per heavy atom. The SMILES string of the molecule is Cn1cc(-c2ccc(-c3ccc4c(c3)c3ccc(-c5ccc(-c6cnn(C)c6)cn5)cc3c3ccc(-c5ccc(-c6cnn(C)c6)cn5)cc43)nc2)cn1. The summed E-state index contributed by atoms with van der Waals surface area (Å²) in [6.45, 7) is 0. The van der Waals surface area contributed by atoms with E-state index in [1.807, 2.05) is 76.9 Å². The number of aromatic nitrogens is 9. The van der Waals surface area contributed by atoms with E-state index in [0.717, 1.165) is 83.3 Å². The van der Waals surface area contributed by atoms with Crippen molar-refractivity contribution < 1.29 is 0 Å². The summed E-state index contributed by atoms with van der Waals surface area (Å²) in [5, 5.41) is 20.0. The molecule has 10 rings (SSSR count). The third-order valence-electron chi connectivity index (χ3n) is 10.2. The molecule has 0 fully saturated rings. The summed E-state index contributed by atoms with van der Waals surface area (Å²) in [6.07, 6.45) is 17.4. The van der Waals surface area contributed by atoms with Crippen molar-refractivity contribution in [2.75, 3.05) is 0 Å². The summed E-state index contributed by atoms with van der Waals surface area (Å²) in [5.74, 6) is 0. The van der Waals surface area contributed by atoms with Crippen LogP contribution in [0.1, 0.15) is 0 Å². The van der Waals surface area contributed by atoms with Crippen LogP contribution in [0.2, 0.25) is 0 Å². The molecule has 0 aliphatic carbocycles. The smallest absolute Gasteiger partial charge is 0.0702 e. The zero-order valence-electron chi connectivity index (χ0n) is 29.9. The van der Waals surface area contributed by atoms with Gasteiger partial charge in [0.1, 0.15) is 0 Å². The minimum atomic E-state index is 0.916. The number of aryl methyl sites for hydroxylation is 3. The normalized spacial score (nSPS) is 11.6. The molecule has 0 amide bonds. The van der Waals surface area contributed by atoms with Crippen LogP contribution >= 0.6 is 0 Å². The van der Waals surface area contributed by atoms with E-state index in [1.54, 1.807) is 14.0 Å². The highest BCUT2D eigenvalue weighted by Gasteiger charge is 2.15. The van der Waals surface area contributed by atoms with Crippen molar-refractivity contribution in [2.24, 2.45) is 21.1 Å². The maximum absolute atomic E-state index is 4.89. The highest BCUT2D eigenvalue weighted by molar-refractivity contribution is 6.26. The summed E-state index contributed by atoms with van der Waals surface area (Å²) in [4.78, 5) is 14.7. The average molecular weight is 700 g/mol.